The average Bonchev–Trinajstić information content (AvgIpc) is 4.04. The van der Waals surface area contributed by atoms with Gasteiger partial charge < -0.3 is 14.1 Å². The van der Waals surface area contributed by atoms with Crippen LogP contribution >= 0.6 is 22.7 Å². The zero-order valence-electron chi connectivity index (χ0n) is 46.0. The van der Waals surface area contributed by atoms with Gasteiger partial charge in [0.15, 0.2) is 0 Å². The van der Waals surface area contributed by atoms with E-state index in [9.17, 15) is 0 Å². The number of para-hydroxylation sites is 1. The smallest absolute Gasteiger partial charge is 0.343 e. The van der Waals surface area contributed by atoms with Crippen molar-refractivity contribution in [2.24, 2.45) is 0 Å². The lowest BCUT2D eigenvalue weighted by molar-refractivity contribution is 0.332. The van der Waals surface area contributed by atoms with Gasteiger partial charge in [-0.05, 0) is 170 Å². The highest BCUT2D eigenvalue weighted by Gasteiger charge is 2.49. The Bertz CT molecular complexity index is 4070. The Morgan fingerprint density at radius 3 is 1.77 bits per heavy atom. The summed E-state index contributed by atoms with van der Waals surface area (Å²) in [5.41, 5.74) is 20.9. The highest BCUT2D eigenvalue weighted by atomic mass is 32.1. The molecule has 4 aliphatic rings. The van der Waals surface area contributed by atoms with Gasteiger partial charge in [0.2, 0.25) is 0 Å². The largest absolute Gasteiger partial charge is 0.455 e. The van der Waals surface area contributed by atoms with Gasteiger partial charge in [0.05, 0.1) is 5.69 Å². The maximum absolute atomic E-state index is 7.31. The molecule has 14 rings (SSSR count). The molecule has 2 aliphatic heterocycles. The molecule has 74 heavy (non-hydrogen) atoms. The minimum absolute atomic E-state index is 0.0178. The summed E-state index contributed by atoms with van der Waals surface area (Å²) in [6, 6.07) is 46.0. The molecule has 0 amide bonds. The molecular weight excluding hydrogens is 936 g/mol. The first-order valence-corrected chi connectivity index (χ1v) is 29.0. The van der Waals surface area contributed by atoms with E-state index < -0.39 is 0 Å². The molecule has 2 aliphatic carbocycles. The minimum atomic E-state index is -0.138. The van der Waals surface area contributed by atoms with Crippen molar-refractivity contribution in [2.45, 2.75) is 155 Å². The molecule has 0 bridgehead atoms. The van der Waals surface area contributed by atoms with Crippen molar-refractivity contribution in [1.29, 1.82) is 0 Å². The molecule has 0 saturated carbocycles. The maximum atomic E-state index is 7.31. The number of anilines is 5. The molecule has 0 atom stereocenters. The molecule has 3 nitrogen and oxygen atoms in total. The molecule has 5 heterocycles. The maximum Gasteiger partial charge on any atom is 0.343 e. The van der Waals surface area contributed by atoms with Crippen molar-refractivity contribution in [3.63, 3.8) is 0 Å². The van der Waals surface area contributed by atoms with Crippen LogP contribution in [0.1, 0.15) is 156 Å². The third kappa shape index (κ3) is 6.55. The number of rotatable bonds is 2. The van der Waals surface area contributed by atoms with E-state index >= 15 is 0 Å². The van der Waals surface area contributed by atoms with E-state index in [-0.39, 0.29) is 39.3 Å². The Hall–Kier alpha value is -5.82. The van der Waals surface area contributed by atoms with Crippen LogP contribution in [0.15, 0.2) is 120 Å². The van der Waals surface area contributed by atoms with Gasteiger partial charge in [-0.1, -0.05) is 139 Å². The molecule has 6 heteroatoms. The molecular formula is C68H69BN2OS2. The first kappa shape index (κ1) is 46.7. The zero-order valence-corrected chi connectivity index (χ0v) is 47.6. The SMILES string of the molecule is CC(C)(C)c1ccc(N2B3c4sc5ccc(C(C)(C)C)cc5c4N(c4ccc5c(c4)C(C)(C)CCC5(C)C)c4cc5c(oc6ccccc65)c(c43)-c3cc4c(cc32)sc2cc3c(cc24)C(C)(C)CCC3(C)C)cc1. The summed E-state index contributed by atoms with van der Waals surface area (Å²) in [6.07, 6.45) is 4.73. The second kappa shape index (κ2) is 15.0. The van der Waals surface area contributed by atoms with E-state index in [4.69, 9.17) is 4.42 Å². The van der Waals surface area contributed by atoms with Gasteiger partial charge in [-0.25, -0.2) is 0 Å². The Morgan fingerprint density at radius 2 is 1.08 bits per heavy atom. The van der Waals surface area contributed by atoms with Crippen LogP contribution in [0.25, 0.3) is 63.3 Å². The predicted molar refractivity (Wildman–Crippen MR) is 324 cm³/mol. The summed E-state index contributed by atoms with van der Waals surface area (Å²) in [5.74, 6) is 0. The van der Waals surface area contributed by atoms with Crippen molar-refractivity contribution in [2.75, 3.05) is 9.71 Å². The molecule has 0 N–H and O–H groups in total. The Morgan fingerprint density at radius 1 is 0.486 bits per heavy atom. The third-order valence-corrected chi connectivity index (χ3v) is 21.0. The van der Waals surface area contributed by atoms with Crippen LogP contribution in [0.2, 0.25) is 0 Å². The molecule has 3 aromatic heterocycles. The fourth-order valence-electron chi connectivity index (χ4n) is 13.9. The van der Waals surface area contributed by atoms with E-state index in [1.54, 1.807) is 0 Å². The zero-order chi connectivity index (χ0) is 51.6. The summed E-state index contributed by atoms with van der Waals surface area (Å²) in [6.45, 7) is 33.6. The second-order valence-corrected chi connectivity index (χ2v) is 29.6. The molecule has 10 aromatic rings. The van der Waals surface area contributed by atoms with Gasteiger partial charge in [-0.2, -0.15) is 0 Å². The van der Waals surface area contributed by atoms with Crippen LogP contribution in [-0.4, -0.2) is 6.85 Å². The number of nitrogens with zero attached hydrogens (tertiary/aromatic N) is 2. The number of hydrogen-bond acceptors (Lipinski definition) is 5. The molecule has 0 spiro atoms. The van der Waals surface area contributed by atoms with E-state index in [0.717, 1.165) is 28.4 Å². The van der Waals surface area contributed by atoms with Gasteiger partial charge in [-0.15, -0.1) is 22.7 Å². The summed E-state index contributed by atoms with van der Waals surface area (Å²) >= 11 is 3.96. The number of hydrogen-bond donors (Lipinski definition) is 0. The van der Waals surface area contributed by atoms with Crippen molar-refractivity contribution in [3.05, 3.63) is 149 Å². The van der Waals surface area contributed by atoms with Gasteiger partial charge >= 0.3 is 6.85 Å². The molecule has 0 saturated heterocycles. The van der Waals surface area contributed by atoms with Gasteiger partial charge in [0, 0.05) is 79.7 Å². The van der Waals surface area contributed by atoms with Crippen LogP contribution in [-0.2, 0) is 32.5 Å². The van der Waals surface area contributed by atoms with Crippen LogP contribution in [0.3, 0.4) is 0 Å². The monoisotopic (exact) mass is 1000 g/mol. The van der Waals surface area contributed by atoms with E-state index in [2.05, 4.69) is 222 Å². The first-order valence-electron chi connectivity index (χ1n) is 27.4. The van der Waals surface area contributed by atoms with E-state index in [0.29, 0.717) is 0 Å². The third-order valence-electron chi connectivity index (χ3n) is 18.7. The lowest BCUT2D eigenvalue weighted by atomic mass is 9.46. The van der Waals surface area contributed by atoms with E-state index in [1.807, 2.05) is 22.7 Å². The predicted octanol–water partition coefficient (Wildman–Crippen LogP) is 19.2. The van der Waals surface area contributed by atoms with Gasteiger partial charge in [0.1, 0.15) is 11.2 Å². The number of fused-ring (bicyclic) bond motifs is 15. The van der Waals surface area contributed by atoms with Crippen molar-refractivity contribution in [1.82, 2.24) is 0 Å². The number of benzene rings is 7. The topological polar surface area (TPSA) is 19.6 Å². The first-order chi connectivity index (χ1) is 34.9. The van der Waals surface area contributed by atoms with Gasteiger partial charge in [0.25, 0.3) is 0 Å². The van der Waals surface area contributed by atoms with Crippen LogP contribution in [0, 0.1) is 0 Å². The standard InChI is InChI=1S/C68H69BN2OS2/c1-63(2,3)38-19-22-40(23-20-38)71-52-37-57-43(44-34-50-51(36-56(44)73-57)68(13,14)30-29-67(50,11)12)33-46(52)58-59-53(35-45-42-17-15-16-18-54(42)72-61(45)58)70(41-24-25-48-49(32-41)66(9,10)28-27-65(48,7)8)60-47-31-39(64(4,5)6)21-26-55(47)74-62(60)69(59)71/h15-26,31-37H,27-30H2,1-14H3. The Labute approximate surface area is 446 Å². The van der Waals surface area contributed by atoms with Crippen LogP contribution in [0.4, 0.5) is 28.4 Å². The fraction of sp³-hybridized carbons (Fsp3) is 0.353. The summed E-state index contributed by atoms with van der Waals surface area (Å²) in [7, 11) is 0. The summed E-state index contributed by atoms with van der Waals surface area (Å²) < 4.78 is 12.7. The Balaban J connectivity index is 1.15. The Kier molecular flexibility index (Phi) is 9.45. The highest BCUT2D eigenvalue weighted by Crippen LogP contribution is 2.57. The number of thiophene rings is 2. The van der Waals surface area contributed by atoms with Crippen LogP contribution < -0.4 is 20.0 Å². The second-order valence-electron chi connectivity index (χ2n) is 27.5. The van der Waals surface area contributed by atoms with Gasteiger partial charge in [-0.3, -0.25) is 0 Å². The lowest BCUT2D eigenvalue weighted by Gasteiger charge is -2.45. The number of furan rings is 1. The average molecular weight is 1010 g/mol. The minimum Gasteiger partial charge on any atom is -0.455 e. The fourth-order valence-corrected chi connectivity index (χ4v) is 16.3. The van der Waals surface area contributed by atoms with Crippen molar-refractivity contribution in [3.8, 4) is 11.1 Å². The van der Waals surface area contributed by atoms with Crippen molar-refractivity contribution >= 4 is 120 Å². The van der Waals surface area contributed by atoms with Crippen LogP contribution in [0.5, 0.6) is 0 Å². The van der Waals surface area contributed by atoms with Crippen molar-refractivity contribution < 1.29 is 4.42 Å². The summed E-state index contributed by atoms with van der Waals surface area (Å²) in [4.78, 5) is 5.44. The van der Waals surface area contributed by atoms with E-state index in [1.165, 1.54) is 133 Å². The lowest BCUT2D eigenvalue weighted by Crippen LogP contribution is -2.60. The summed E-state index contributed by atoms with van der Waals surface area (Å²) in [5, 5.41) is 6.34. The highest BCUT2D eigenvalue weighted by molar-refractivity contribution is 7.32. The molecule has 7 aromatic carbocycles. The molecule has 372 valence electrons. The molecule has 0 radical (unpaired) electrons. The molecule has 0 unspecified atom stereocenters. The molecule has 0 fully saturated rings. The normalized spacial score (nSPS) is 18.3. The quantitative estimate of drug-likeness (QED) is 0.161.